The highest BCUT2D eigenvalue weighted by Crippen LogP contribution is 2.35. The smallest absolute Gasteiger partial charge is 0.332 e. The third kappa shape index (κ3) is 5.05. The predicted molar refractivity (Wildman–Crippen MR) is 99.3 cm³/mol. The van der Waals surface area contributed by atoms with Crippen LogP contribution in [0.2, 0.25) is 5.02 Å². The lowest BCUT2D eigenvalue weighted by molar-refractivity contribution is -0.136. The first-order valence-corrected chi connectivity index (χ1v) is 8.28. The molecule has 2 aromatic rings. The minimum atomic E-state index is -4.55. The number of rotatable bonds is 2. The maximum atomic E-state index is 13.1. The highest BCUT2D eigenvalue weighted by molar-refractivity contribution is 14.1. The van der Waals surface area contributed by atoms with Crippen LogP contribution >= 0.6 is 46.4 Å². The van der Waals surface area contributed by atoms with Gasteiger partial charge in [0.1, 0.15) is 0 Å². The van der Waals surface area contributed by atoms with Crippen LogP contribution in [-0.4, -0.2) is 11.0 Å². The number of alkyl halides is 3. The molecule has 0 saturated heterocycles. The highest BCUT2D eigenvalue weighted by atomic mass is 127. The van der Waals surface area contributed by atoms with Crippen molar-refractivity contribution in [3.8, 4) is 0 Å². The Bertz CT molecular complexity index is 799. The molecule has 0 unspecified atom stereocenters. The highest BCUT2D eigenvalue weighted by Gasteiger charge is 2.34. The van der Waals surface area contributed by atoms with Crippen molar-refractivity contribution in [2.24, 2.45) is 0 Å². The standard InChI is InChI=1S/C15H9ClF3IN2OS/c16-9-3-1-2-8(6-9)13(23)22-14(24)21-12-5-4-10(20)7-11(12)15(17,18)19/h1-7H,(H2,21,22,23,24). The molecule has 0 bridgehead atoms. The lowest BCUT2D eigenvalue weighted by Crippen LogP contribution is -2.34. The third-order valence-electron chi connectivity index (χ3n) is 2.85. The van der Waals surface area contributed by atoms with Crippen molar-refractivity contribution in [1.29, 1.82) is 0 Å². The van der Waals surface area contributed by atoms with Gasteiger partial charge in [0.05, 0.1) is 11.3 Å². The van der Waals surface area contributed by atoms with Crippen LogP contribution in [0.4, 0.5) is 18.9 Å². The summed E-state index contributed by atoms with van der Waals surface area (Å²) in [5.41, 5.74) is -0.863. The number of carbonyl (C=O) groups is 1. The van der Waals surface area contributed by atoms with Crippen molar-refractivity contribution in [3.63, 3.8) is 0 Å². The summed E-state index contributed by atoms with van der Waals surface area (Å²) in [5, 5.41) is 4.84. The fraction of sp³-hybridized carbons (Fsp3) is 0.0667. The van der Waals surface area contributed by atoms with E-state index in [4.69, 9.17) is 23.8 Å². The Hall–Kier alpha value is -1.39. The summed E-state index contributed by atoms with van der Waals surface area (Å²) in [7, 11) is 0. The van der Waals surface area contributed by atoms with Gasteiger partial charge in [0, 0.05) is 14.2 Å². The Labute approximate surface area is 159 Å². The number of nitrogens with one attached hydrogen (secondary N) is 2. The third-order valence-corrected chi connectivity index (χ3v) is 3.96. The topological polar surface area (TPSA) is 41.1 Å². The lowest BCUT2D eigenvalue weighted by atomic mass is 10.1. The largest absolute Gasteiger partial charge is 0.418 e. The molecule has 2 aromatic carbocycles. The van der Waals surface area contributed by atoms with E-state index in [0.717, 1.165) is 6.07 Å². The average Bonchev–Trinajstić information content (AvgIpc) is 2.48. The van der Waals surface area contributed by atoms with Gasteiger partial charge in [-0.25, -0.2) is 0 Å². The number of benzene rings is 2. The average molecular weight is 485 g/mol. The molecule has 0 aromatic heterocycles. The Morgan fingerprint density at radius 3 is 2.50 bits per heavy atom. The summed E-state index contributed by atoms with van der Waals surface area (Å²) in [6.45, 7) is 0. The number of amides is 1. The number of carbonyl (C=O) groups excluding carboxylic acids is 1. The monoisotopic (exact) mass is 484 g/mol. The fourth-order valence-corrected chi connectivity index (χ4v) is 2.70. The van der Waals surface area contributed by atoms with Gasteiger partial charge in [0.15, 0.2) is 5.11 Å². The molecule has 0 spiro atoms. The summed E-state index contributed by atoms with van der Waals surface area (Å²) >= 11 is 12.5. The van der Waals surface area contributed by atoms with E-state index in [1.165, 1.54) is 24.3 Å². The molecule has 0 fully saturated rings. The van der Waals surface area contributed by atoms with Crippen LogP contribution in [0, 0.1) is 3.57 Å². The summed E-state index contributed by atoms with van der Waals surface area (Å²) in [6.07, 6.45) is -4.55. The van der Waals surface area contributed by atoms with E-state index in [0.29, 0.717) is 8.59 Å². The van der Waals surface area contributed by atoms with Gasteiger partial charge in [-0.3, -0.25) is 10.1 Å². The summed E-state index contributed by atoms with van der Waals surface area (Å²) in [5.74, 6) is -0.575. The first kappa shape index (κ1) is 18.9. The first-order chi connectivity index (χ1) is 11.2. The predicted octanol–water partition coefficient (Wildman–Crippen LogP) is 5.09. The molecular weight excluding hydrogens is 476 g/mol. The van der Waals surface area contributed by atoms with E-state index < -0.39 is 17.6 Å². The zero-order valence-electron chi connectivity index (χ0n) is 11.7. The molecule has 2 N–H and O–H groups in total. The Morgan fingerprint density at radius 2 is 1.88 bits per heavy atom. The van der Waals surface area contributed by atoms with Gasteiger partial charge < -0.3 is 5.32 Å². The van der Waals surface area contributed by atoms with E-state index in [9.17, 15) is 18.0 Å². The number of anilines is 1. The van der Waals surface area contributed by atoms with Crippen molar-refractivity contribution in [2.45, 2.75) is 6.18 Å². The minimum absolute atomic E-state index is 0.237. The van der Waals surface area contributed by atoms with Crippen LogP contribution in [0.25, 0.3) is 0 Å². The number of hydrogen-bond acceptors (Lipinski definition) is 2. The molecule has 0 radical (unpaired) electrons. The Kier molecular flexibility index (Phi) is 6.05. The zero-order valence-corrected chi connectivity index (χ0v) is 15.5. The van der Waals surface area contributed by atoms with Crippen LogP contribution in [0.1, 0.15) is 15.9 Å². The number of hydrogen-bond donors (Lipinski definition) is 2. The quantitative estimate of drug-likeness (QED) is 0.461. The van der Waals surface area contributed by atoms with Gasteiger partial charge >= 0.3 is 6.18 Å². The van der Waals surface area contributed by atoms with Crippen molar-refractivity contribution >= 4 is 63.1 Å². The minimum Gasteiger partial charge on any atom is -0.332 e. The fourth-order valence-electron chi connectivity index (χ4n) is 1.82. The number of halogens is 5. The molecule has 0 aliphatic carbocycles. The van der Waals surface area contributed by atoms with Crippen LogP contribution in [0.15, 0.2) is 42.5 Å². The molecule has 0 aliphatic rings. The molecule has 3 nitrogen and oxygen atoms in total. The lowest BCUT2D eigenvalue weighted by Gasteiger charge is -2.16. The van der Waals surface area contributed by atoms with Gasteiger partial charge in [-0.1, -0.05) is 17.7 Å². The number of thiocarbonyl (C=S) groups is 1. The van der Waals surface area contributed by atoms with Gasteiger partial charge in [-0.15, -0.1) is 0 Å². The molecular formula is C15H9ClF3IN2OS. The molecule has 1 amide bonds. The molecule has 9 heteroatoms. The second-order valence-electron chi connectivity index (χ2n) is 4.61. The van der Waals surface area contributed by atoms with Crippen molar-refractivity contribution in [3.05, 3.63) is 62.2 Å². The molecule has 0 saturated carbocycles. The SMILES string of the molecule is O=C(NC(=S)Nc1ccc(I)cc1C(F)(F)F)c1cccc(Cl)c1. The maximum Gasteiger partial charge on any atom is 0.418 e. The van der Waals surface area contributed by atoms with Gasteiger partial charge in [0.2, 0.25) is 0 Å². The summed E-state index contributed by atoms with van der Waals surface area (Å²) in [4.78, 5) is 12.0. The first-order valence-electron chi connectivity index (χ1n) is 6.41. The zero-order chi connectivity index (χ0) is 17.9. The van der Waals surface area contributed by atoms with Gasteiger partial charge in [-0.05, 0) is 71.2 Å². The van der Waals surface area contributed by atoms with E-state index >= 15 is 0 Å². The van der Waals surface area contributed by atoms with E-state index in [1.54, 1.807) is 34.7 Å². The van der Waals surface area contributed by atoms with Crippen molar-refractivity contribution in [1.82, 2.24) is 5.32 Å². The molecule has 2 rings (SSSR count). The normalized spacial score (nSPS) is 11.0. The van der Waals surface area contributed by atoms with Crippen LogP contribution in [0.3, 0.4) is 0 Å². The summed E-state index contributed by atoms with van der Waals surface area (Å²) in [6, 6.07) is 9.85. The van der Waals surface area contributed by atoms with E-state index in [1.807, 2.05) is 0 Å². The molecule has 126 valence electrons. The molecule has 0 heterocycles. The van der Waals surface area contributed by atoms with Crippen LogP contribution in [-0.2, 0) is 6.18 Å². The van der Waals surface area contributed by atoms with Crippen LogP contribution < -0.4 is 10.6 Å². The van der Waals surface area contributed by atoms with Crippen molar-refractivity contribution < 1.29 is 18.0 Å². The second kappa shape index (κ2) is 7.66. The maximum absolute atomic E-state index is 13.1. The van der Waals surface area contributed by atoms with Gasteiger partial charge in [-0.2, -0.15) is 13.2 Å². The molecule has 0 atom stereocenters. The van der Waals surface area contributed by atoms with Crippen LogP contribution in [0.5, 0.6) is 0 Å². The van der Waals surface area contributed by atoms with E-state index in [-0.39, 0.29) is 16.4 Å². The summed E-state index contributed by atoms with van der Waals surface area (Å²) < 4.78 is 39.6. The van der Waals surface area contributed by atoms with Gasteiger partial charge in [0.25, 0.3) is 5.91 Å². The Morgan fingerprint density at radius 1 is 1.17 bits per heavy atom. The van der Waals surface area contributed by atoms with E-state index in [2.05, 4.69) is 10.6 Å². The van der Waals surface area contributed by atoms with Crippen molar-refractivity contribution in [2.75, 3.05) is 5.32 Å². The Balaban J connectivity index is 2.14. The molecule has 0 aliphatic heterocycles. The second-order valence-corrected chi connectivity index (χ2v) is 6.70. The molecule has 24 heavy (non-hydrogen) atoms.